The van der Waals surface area contributed by atoms with E-state index in [1.807, 2.05) is 5.92 Å². The van der Waals surface area contributed by atoms with E-state index in [9.17, 15) is 38.1 Å². The summed E-state index contributed by atoms with van der Waals surface area (Å²) in [6.45, 7) is -3.16. The number of nitrogens with two attached hydrogens (primary N) is 1. The Balaban J connectivity index is 1.91. The first-order valence-electron chi connectivity index (χ1n) is 8.82. The third-order valence-electron chi connectivity index (χ3n) is 4.62. The zero-order chi connectivity index (χ0) is 26.4. The molecule has 0 saturated carbocycles. The standard InChI is InChI=1S/C13H17FN5O13P3/c1-2-13(21)10(20)12(3-14,4-29-34(25,26)32-35(27,28)31-33(22,23)24)30-11(13)19-6-18-7-8(15)16-5-17-9(7)19/h1,5-6,10-11,20-21H,3-4H2,(H,25,26)(H,27,28)(H2,15,16,17)(H2,22,23,24). The van der Waals surface area contributed by atoms with Crippen molar-refractivity contribution in [1.29, 1.82) is 0 Å². The average molecular weight is 563 g/mol. The summed E-state index contributed by atoms with van der Waals surface area (Å²) >= 11 is 0. The Labute approximate surface area is 193 Å². The van der Waals surface area contributed by atoms with Crippen LogP contribution in [0.4, 0.5) is 10.2 Å². The Morgan fingerprint density at radius 1 is 1.20 bits per heavy atom. The lowest BCUT2D eigenvalue weighted by atomic mass is 9.87. The van der Waals surface area contributed by atoms with Gasteiger partial charge >= 0.3 is 23.5 Å². The first-order valence-corrected chi connectivity index (χ1v) is 13.3. The highest BCUT2D eigenvalue weighted by Crippen LogP contribution is 2.66. The molecule has 3 heterocycles. The van der Waals surface area contributed by atoms with Gasteiger partial charge in [0.1, 0.15) is 24.6 Å². The summed E-state index contributed by atoms with van der Waals surface area (Å²) in [6.07, 6.45) is 3.19. The minimum Gasteiger partial charge on any atom is -0.386 e. The molecule has 35 heavy (non-hydrogen) atoms. The molecule has 6 atom stereocenters. The fourth-order valence-corrected chi connectivity index (χ4v) is 6.20. The highest BCUT2D eigenvalue weighted by molar-refractivity contribution is 7.66. The molecule has 0 spiro atoms. The summed E-state index contributed by atoms with van der Waals surface area (Å²) in [5.74, 6) is 1.76. The first-order chi connectivity index (χ1) is 16.0. The van der Waals surface area contributed by atoms with Gasteiger partial charge in [0.15, 0.2) is 28.9 Å². The van der Waals surface area contributed by atoms with Gasteiger partial charge < -0.3 is 40.3 Å². The fraction of sp³-hybridized carbons (Fsp3) is 0.462. The van der Waals surface area contributed by atoms with E-state index in [1.54, 1.807) is 0 Å². The summed E-state index contributed by atoms with van der Waals surface area (Å²) in [5, 5.41) is 21.6. The first kappa shape index (κ1) is 27.7. The number of terminal acetylenes is 1. The van der Waals surface area contributed by atoms with Crippen molar-refractivity contribution in [3.05, 3.63) is 12.7 Å². The van der Waals surface area contributed by atoms with Crippen LogP contribution in [0.3, 0.4) is 0 Å². The summed E-state index contributed by atoms with van der Waals surface area (Å²) in [4.78, 5) is 47.5. The van der Waals surface area contributed by atoms with E-state index >= 15 is 0 Å². The van der Waals surface area contributed by atoms with E-state index in [4.69, 9.17) is 26.7 Å². The van der Waals surface area contributed by atoms with Gasteiger partial charge in [-0.15, -0.1) is 6.42 Å². The molecule has 0 amide bonds. The molecule has 2 aromatic rings. The number of nitrogen functional groups attached to an aromatic ring is 1. The van der Waals surface area contributed by atoms with Gasteiger partial charge in [-0.05, 0) is 0 Å². The summed E-state index contributed by atoms with van der Waals surface area (Å²) < 4.78 is 66.2. The van der Waals surface area contributed by atoms with Crippen LogP contribution in [0.2, 0.25) is 0 Å². The smallest absolute Gasteiger partial charge is 0.386 e. The number of ether oxygens (including phenoxy) is 1. The number of alkyl halides is 1. The Bertz CT molecular complexity index is 1310. The quantitative estimate of drug-likeness (QED) is 0.138. The van der Waals surface area contributed by atoms with Gasteiger partial charge in [-0.1, -0.05) is 5.92 Å². The van der Waals surface area contributed by atoms with E-state index < -0.39 is 60.3 Å². The van der Waals surface area contributed by atoms with E-state index in [0.717, 1.165) is 17.2 Å². The van der Waals surface area contributed by atoms with Gasteiger partial charge in [-0.2, -0.15) is 8.62 Å². The van der Waals surface area contributed by atoms with Crippen molar-refractivity contribution >= 4 is 40.4 Å². The van der Waals surface area contributed by atoms with Crippen LogP contribution in [-0.4, -0.2) is 79.9 Å². The topological polar surface area (TPSA) is 279 Å². The molecule has 1 aliphatic rings. The lowest BCUT2D eigenvalue weighted by Crippen LogP contribution is -2.53. The van der Waals surface area contributed by atoms with Crippen LogP contribution < -0.4 is 5.73 Å². The monoisotopic (exact) mass is 563 g/mol. The molecule has 2 aromatic heterocycles. The third kappa shape index (κ3) is 5.45. The van der Waals surface area contributed by atoms with Crippen LogP contribution in [0.1, 0.15) is 6.23 Å². The van der Waals surface area contributed by atoms with Gasteiger partial charge in [0.25, 0.3) is 0 Å². The zero-order valence-corrected chi connectivity index (χ0v) is 19.6. The van der Waals surface area contributed by atoms with Gasteiger partial charge in [-0.25, -0.2) is 33.0 Å². The van der Waals surface area contributed by atoms with Crippen LogP contribution in [0, 0.1) is 12.3 Å². The van der Waals surface area contributed by atoms with E-state index in [0.29, 0.717) is 0 Å². The van der Waals surface area contributed by atoms with E-state index in [-0.39, 0.29) is 17.0 Å². The number of phosphoric acid groups is 3. The largest absolute Gasteiger partial charge is 0.490 e. The Hall–Kier alpha value is -1.87. The molecule has 194 valence electrons. The maximum Gasteiger partial charge on any atom is 0.490 e. The molecule has 22 heteroatoms. The van der Waals surface area contributed by atoms with Crippen LogP contribution in [0.15, 0.2) is 12.7 Å². The molecule has 3 rings (SSSR count). The molecule has 1 fully saturated rings. The van der Waals surface area contributed by atoms with Crippen molar-refractivity contribution in [2.45, 2.75) is 23.5 Å². The number of aromatic nitrogens is 4. The summed E-state index contributed by atoms with van der Waals surface area (Å²) in [5.41, 5.74) is 0.233. The number of aliphatic hydroxyl groups excluding tert-OH is 1. The number of aliphatic hydroxyl groups is 2. The molecule has 0 bridgehead atoms. The minimum absolute atomic E-state index is 0.0240. The molecular formula is C13H17FN5O13P3. The second-order valence-corrected chi connectivity index (χ2v) is 11.4. The Morgan fingerprint density at radius 3 is 2.43 bits per heavy atom. The van der Waals surface area contributed by atoms with Crippen LogP contribution in [0.5, 0.6) is 0 Å². The van der Waals surface area contributed by atoms with Crippen molar-refractivity contribution < 1.29 is 65.8 Å². The fourth-order valence-electron chi connectivity index (χ4n) is 3.12. The number of fused-ring (bicyclic) bond motifs is 1. The molecule has 6 unspecified atom stereocenters. The van der Waals surface area contributed by atoms with Gasteiger partial charge in [0.2, 0.25) is 0 Å². The maximum absolute atomic E-state index is 14.2. The average Bonchev–Trinajstić information content (AvgIpc) is 3.24. The van der Waals surface area contributed by atoms with Crippen molar-refractivity contribution in [2.75, 3.05) is 19.0 Å². The lowest BCUT2D eigenvalue weighted by Gasteiger charge is -2.30. The third-order valence-corrected chi connectivity index (χ3v) is 8.41. The number of imidazole rings is 1. The highest BCUT2D eigenvalue weighted by Gasteiger charge is 2.65. The van der Waals surface area contributed by atoms with Crippen molar-refractivity contribution in [3.8, 4) is 12.3 Å². The summed E-state index contributed by atoms with van der Waals surface area (Å²) in [7, 11) is -17.3. The van der Waals surface area contributed by atoms with Gasteiger partial charge in [0.05, 0.1) is 12.9 Å². The van der Waals surface area contributed by atoms with Crippen molar-refractivity contribution in [2.24, 2.45) is 0 Å². The highest BCUT2D eigenvalue weighted by atomic mass is 31.3. The number of phosphoric ester groups is 1. The Kier molecular flexibility index (Phi) is 7.30. The number of hydrogen-bond acceptors (Lipinski definition) is 13. The van der Waals surface area contributed by atoms with Gasteiger partial charge in [0, 0.05) is 0 Å². The number of nitrogens with zero attached hydrogens (tertiary/aromatic N) is 4. The lowest BCUT2D eigenvalue weighted by molar-refractivity contribution is -0.135. The van der Waals surface area contributed by atoms with Crippen LogP contribution in [0.25, 0.3) is 11.2 Å². The number of halogens is 1. The molecule has 0 aromatic carbocycles. The van der Waals surface area contributed by atoms with Crippen molar-refractivity contribution in [1.82, 2.24) is 19.5 Å². The number of rotatable bonds is 9. The number of anilines is 1. The van der Waals surface area contributed by atoms with E-state index in [2.05, 4.69) is 28.1 Å². The van der Waals surface area contributed by atoms with Crippen molar-refractivity contribution in [3.63, 3.8) is 0 Å². The minimum atomic E-state index is -5.88. The SMILES string of the molecule is C#CC1(O)C(n2cnc3c(N)ncnc32)OC(CF)(COP(=O)(O)OP(=O)(O)OP(=O)(O)O)C1O. The van der Waals surface area contributed by atoms with E-state index in [1.165, 1.54) is 0 Å². The predicted octanol–water partition coefficient (Wildman–Crippen LogP) is -1.29. The predicted molar refractivity (Wildman–Crippen MR) is 108 cm³/mol. The molecule has 1 aliphatic heterocycles. The molecular weight excluding hydrogens is 546 g/mol. The normalized spacial score (nSPS) is 30.6. The number of hydrogen-bond donors (Lipinski definition) is 7. The van der Waals surface area contributed by atoms with Crippen LogP contribution >= 0.6 is 23.5 Å². The van der Waals surface area contributed by atoms with Crippen LogP contribution in [-0.2, 0) is 31.6 Å². The Morgan fingerprint density at radius 2 is 1.86 bits per heavy atom. The molecule has 1 saturated heterocycles. The zero-order valence-electron chi connectivity index (χ0n) is 16.9. The molecule has 0 aliphatic carbocycles. The molecule has 8 N–H and O–H groups in total. The molecule has 0 radical (unpaired) electrons. The second-order valence-electron chi connectivity index (χ2n) is 6.99. The molecule has 18 nitrogen and oxygen atoms in total. The second kappa shape index (κ2) is 9.21. The van der Waals surface area contributed by atoms with Gasteiger partial charge in [-0.3, -0.25) is 9.09 Å². The maximum atomic E-state index is 14.2. The summed E-state index contributed by atoms with van der Waals surface area (Å²) in [6, 6.07) is 0.